The van der Waals surface area contributed by atoms with Gasteiger partial charge in [0.25, 0.3) is 0 Å². The molecule has 0 aromatic rings. The first kappa shape index (κ1) is 13.7. The Morgan fingerprint density at radius 1 is 1.43 bits per heavy atom. The molecule has 0 aromatic heterocycles. The number of rotatable bonds is 6. The average molecular weight is 235 g/mol. The van der Waals surface area contributed by atoms with Crippen molar-refractivity contribution in [3.63, 3.8) is 0 Å². The lowest BCUT2D eigenvalue weighted by Gasteiger charge is -2.20. The van der Waals surface area contributed by atoms with Gasteiger partial charge in [0.05, 0.1) is 0 Å². The Balaban J connectivity index is 3.57. The van der Waals surface area contributed by atoms with Crippen molar-refractivity contribution in [1.29, 1.82) is 0 Å². The third-order valence-electron chi connectivity index (χ3n) is 1.78. The van der Waals surface area contributed by atoms with Crippen LogP contribution in [0.2, 0.25) is 0 Å². The second-order valence-electron chi connectivity index (χ2n) is 2.78. The predicted molar refractivity (Wildman–Crippen MR) is 64.8 cm³/mol. The number of carboxylic acids is 1. The third-order valence-corrected chi connectivity index (χ3v) is 3.39. The van der Waals surface area contributed by atoms with Crippen LogP contribution in [0.25, 0.3) is 0 Å². The van der Waals surface area contributed by atoms with Crippen LogP contribution in [0.1, 0.15) is 26.7 Å². The number of hydrogen-bond acceptors (Lipinski definition) is 3. The van der Waals surface area contributed by atoms with Crippen LogP contribution in [0.5, 0.6) is 0 Å². The fourth-order valence-corrected chi connectivity index (χ4v) is 2.37. The summed E-state index contributed by atoms with van der Waals surface area (Å²) in [7, 11) is 0. The molecule has 0 saturated carbocycles. The smallest absolute Gasteiger partial charge is 0.303 e. The van der Waals surface area contributed by atoms with Crippen LogP contribution in [0.4, 0.5) is 0 Å². The Labute approximate surface area is 94.9 Å². The molecule has 1 N–H and O–H groups in total. The van der Waals surface area contributed by atoms with Gasteiger partial charge in [0.2, 0.25) is 0 Å². The number of carboxylic acid groups (broad SMARTS) is 1. The van der Waals surface area contributed by atoms with Crippen LogP contribution in [0.15, 0.2) is 0 Å². The molecular weight excluding hydrogens is 218 g/mol. The molecule has 0 aliphatic carbocycles. The molecular formula is C9H17NO2S2. The van der Waals surface area contributed by atoms with Crippen LogP contribution in [0, 0.1) is 0 Å². The zero-order valence-electron chi connectivity index (χ0n) is 8.65. The highest BCUT2D eigenvalue weighted by atomic mass is 32.2. The maximum absolute atomic E-state index is 10.2. The largest absolute Gasteiger partial charge is 0.481 e. The Hall–Kier alpha value is -0.290. The molecule has 0 saturated heterocycles. The molecule has 5 heteroatoms. The van der Waals surface area contributed by atoms with E-state index in [0.29, 0.717) is 6.42 Å². The van der Waals surface area contributed by atoms with Gasteiger partial charge < -0.3 is 10.0 Å². The molecule has 82 valence electrons. The van der Waals surface area contributed by atoms with Crippen LogP contribution in [-0.2, 0) is 4.79 Å². The number of thiocarbonyl (C=S) groups is 1. The van der Waals surface area contributed by atoms with E-state index in [2.05, 4.69) is 18.7 Å². The van der Waals surface area contributed by atoms with Crippen LogP contribution in [0.3, 0.4) is 0 Å². The molecule has 0 rings (SSSR count). The molecule has 0 radical (unpaired) electrons. The molecule has 0 heterocycles. The summed E-state index contributed by atoms with van der Waals surface area (Å²) >= 11 is 6.76. The second kappa shape index (κ2) is 8.05. The molecule has 0 amide bonds. The van der Waals surface area contributed by atoms with Gasteiger partial charge in [-0.1, -0.05) is 24.0 Å². The molecule has 0 atom stereocenters. The van der Waals surface area contributed by atoms with Gasteiger partial charge in [0.1, 0.15) is 4.32 Å². The number of hydrogen-bond donors (Lipinski definition) is 1. The summed E-state index contributed by atoms with van der Waals surface area (Å²) in [6, 6.07) is 0. The molecule has 0 aliphatic heterocycles. The highest BCUT2D eigenvalue weighted by Crippen LogP contribution is 2.11. The third kappa shape index (κ3) is 6.21. The van der Waals surface area contributed by atoms with Crippen molar-refractivity contribution in [2.45, 2.75) is 26.7 Å². The van der Waals surface area contributed by atoms with E-state index in [0.717, 1.165) is 23.2 Å². The Bertz CT molecular complexity index is 193. The minimum absolute atomic E-state index is 0.230. The van der Waals surface area contributed by atoms with Gasteiger partial charge in [0.15, 0.2) is 0 Å². The predicted octanol–water partition coefficient (Wildman–Crippen LogP) is 2.21. The fraction of sp³-hybridized carbons (Fsp3) is 0.778. The summed E-state index contributed by atoms with van der Waals surface area (Å²) in [5.41, 5.74) is 0. The minimum Gasteiger partial charge on any atom is -0.481 e. The van der Waals surface area contributed by atoms with Crippen LogP contribution in [-0.4, -0.2) is 39.1 Å². The van der Waals surface area contributed by atoms with Crippen molar-refractivity contribution < 1.29 is 9.90 Å². The molecule has 0 fully saturated rings. The number of aliphatic carboxylic acids is 1. The number of carbonyl (C=O) groups is 1. The lowest BCUT2D eigenvalue weighted by Crippen LogP contribution is -2.26. The molecule has 0 bridgehead atoms. The van der Waals surface area contributed by atoms with E-state index in [1.807, 2.05) is 0 Å². The van der Waals surface area contributed by atoms with Crippen molar-refractivity contribution >= 4 is 34.3 Å². The zero-order chi connectivity index (χ0) is 11.0. The Morgan fingerprint density at radius 3 is 2.43 bits per heavy atom. The van der Waals surface area contributed by atoms with E-state index in [4.69, 9.17) is 17.3 Å². The molecule has 0 spiro atoms. The van der Waals surface area contributed by atoms with E-state index in [1.165, 1.54) is 0 Å². The van der Waals surface area contributed by atoms with Gasteiger partial charge in [0, 0.05) is 25.3 Å². The van der Waals surface area contributed by atoms with Crippen molar-refractivity contribution in [3.8, 4) is 0 Å². The lowest BCUT2D eigenvalue weighted by atomic mass is 10.3. The average Bonchev–Trinajstić information content (AvgIpc) is 2.14. The topological polar surface area (TPSA) is 40.5 Å². The van der Waals surface area contributed by atoms with E-state index >= 15 is 0 Å². The first-order chi connectivity index (χ1) is 6.61. The second-order valence-corrected chi connectivity index (χ2v) is 4.51. The van der Waals surface area contributed by atoms with Crippen LogP contribution < -0.4 is 0 Å². The number of nitrogens with zero attached hydrogens (tertiary/aromatic N) is 1. The van der Waals surface area contributed by atoms with Gasteiger partial charge in [-0.25, -0.2) is 0 Å². The SMILES string of the molecule is CCN(CC)C(=S)SCCCC(=O)O. The highest BCUT2D eigenvalue weighted by Gasteiger charge is 2.05. The maximum atomic E-state index is 10.2. The minimum atomic E-state index is -0.737. The van der Waals surface area contributed by atoms with Crippen LogP contribution >= 0.6 is 24.0 Å². The van der Waals surface area contributed by atoms with Gasteiger partial charge in [-0.3, -0.25) is 4.79 Å². The van der Waals surface area contributed by atoms with E-state index < -0.39 is 5.97 Å². The summed E-state index contributed by atoms with van der Waals surface area (Å²) in [5, 5.41) is 8.43. The van der Waals surface area contributed by atoms with Gasteiger partial charge in [-0.2, -0.15) is 0 Å². The highest BCUT2D eigenvalue weighted by molar-refractivity contribution is 8.22. The molecule has 0 aromatic carbocycles. The van der Waals surface area contributed by atoms with Gasteiger partial charge in [-0.05, 0) is 20.3 Å². The summed E-state index contributed by atoms with van der Waals surface area (Å²) in [6.07, 6.45) is 0.912. The first-order valence-corrected chi connectivity index (χ1v) is 6.14. The zero-order valence-corrected chi connectivity index (χ0v) is 10.3. The van der Waals surface area contributed by atoms with Gasteiger partial charge >= 0.3 is 5.97 Å². The van der Waals surface area contributed by atoms with Gasteiger partial charge in [-0.15, -0.1) is 0 Å². The van der Waals surface area contributed by atoms with Crippen molar-refractivity contribution in [1.82, 2.24) is 4.90 Å². The molecule has 0 unspecified atom stereocenters. The molecule has 14 heavy (non-hydrogen) atoms. The summed E-state index contributed by atoms with van der Waals surface area (Å²) in [6.45, 7) is 5.96. The lowest BCUT2D eigenvalue weighted by molar-refractivity contribution is -0.137. The molecule has 0 aliphatic rings. The monoisotopic (exact) mass is 235 g/mol. The quantitative estimate of drug-likeness (QED) is 0.564. The first-order valence-electron chi connectivity index (χ1n) is 4.75. The summed E-state index contributed by atoms with van der Waals surface area (Å²) < 4.78 is 0.875. The normalized spacial score (nSPS) is 9.86. The van der Waals surface area contributed by atoms with Crippen molar-refractivity contribution in [2.75, 3.05) is 18.8 Å². The standard InChI is InChI=1S/C9H17NO2S2/c1-3-10(4-2)9(13)14-7-5-6-8(11)12/h3-7H2,1-2H3,(H,11,12). The Morgan fingerprint density at radius 2 is 2.00 bits per heavy atom. The fourth-order valence-electron chi connectivity index (χ4n) is 0.956. The van der Waals surface area contributed by atoms with E-state index in [9.17, 15) is 4.79 Å². The molecule has 3 nitrogen and oxygen atoms in total. The maximum Gasteiger partial charge on any atom is 0.303 e. The number of thioether (sulfide) groups is 1. The van der Waals surface area contributed by atoms with Crippen molar-refractivity contribution in [2.24, 2.45) is 0 Å². The van der Waals surface area contributed by atoms with E-state index in [-0.39, 0.29) is 6.42 Å². The van der Waals surface area contributed by atoms with E-state index in [1.54, 1.807) is 11.8 Å². The summed E-state index contributed by atoms with van der Waals surface area (Å²) in [5.74, 6) is 0.0566. The summed E-state index contributed by atoms with van der Waals surface area (Å²) in [4.78, 5) is 12.3. The van der Waals surface area contributed by atoms with Crippen molar-refractivity contribution in [3.05, 3.63) is 0 Å². The Kier molecular flexibility index (Phi) is 7.89.